The maximum absolute atomic E-state index is 13.2. The Balaban J connectivity index is 2.72. The lowest BCUT2D eigenvalue weighted by atomic mass is 10.0. The van der Waals surface area contributed by atoms with Gasteiger partial charge in [0.15, 0.2) is 5.12 Å². The van der Waals surface area contributed by atoms with E-state index in [9.17, 15) is 19.4 Å². The van der Waals surface area contributed by atoms with Crippen molar-refractivity contribution < 1.29 is 24.1 Å². The minimum atomic E-state index is -1.25. The van der Waals surface area contributed by atoms with Gasteiger partial charge in [0.1, 0.15) is 17.7 Å². The van der Waals surface area contributed by atoms with Gasteiger partial charge in [0.2, 0.25) is 0 Å². The van der Waals surface area contributed by atoms with Crippen molar-refractivity contribution in [1.29, 1.82) is 0 Å². The zero-order valence-electron chi connectivity index (χ0n) is 10.8. The smallest absolute Gasteiger partial charge is 0.185 e. The summed E-state index contributed by atoms with van der Waals surface area (Å²) < 4.78 is 18.2. The van der Waals surface area contributed by atoms with Crippen LogP contribution in [0.15, 0.2) is 18.2 Å². The van der Waals surface area contributed by atoms with E-state index in [1.165, 1.54) is 26.2 Å². The van der Waals surface area contributed by atoms with Gasteiger partial charge in [0, 0.05) is 18.2 Å². The average Bonchev–Trinajstić information content (AvgIpc) is 2.37. The largest absolute Gasteiger partial charge is 0.496 e. The molecule has 19 heavy (non-hydrogen) atoms. The number of benzene rings is 1. The van der Waals surface area contributed by atoms with Crippen molar-refractivity contribution in [1.82, 2.24) is 0 Å². The van der Waals surface area contributed by atoms with Crippen molar-refractivity contribution in [2.45, 2.75) is 25.6 Å². The lowest BCUT2D eigenvalue weighted by molar-refractivity contribution is -0.109. The first-order chi connectivity index (χ1) is 8.95. The van der Waals surface area contributed by atoms with Crippen molar-refractivity contribution in [3.05, 3.63) is 29.6 Å². The van der Waals surface area contributed by atoms with Crippen molar-refractivity contribution in [3.8, 4) is 5.75 Å². The van der Waals surface area contributed by atoms with Crippen LogP contribution in [-0.2, 0) is 4.79 Å². The quantitative estimate of drug-likeness (QED) is 0.837. The Morgan fingerprint density at radius 3 is 2.74 bits per heavy atom. The van der Waals surface area contributed by atoms with E-state index in [-0.39, 0.29) is 17.1 Å². The number of ether oxygens (including phenoxy) is 1. The number of aliphatic hydroxyl groups is 2. The number of methoxy groups -OCH3 is 1. The summed E-state index contributed by atoms with van der Waals surface area (Å²) in [5.41, 5.74) is 0.197. The van der Waals surface area contributed by atoms with Gasteiger partial charge in [-0.15, -0.1) is 0 Å². The minimum absolute atomic E-state index is 0.0509. The second kappa shape index (κ2) is 7.47. The number of hydrogen-bond acceptors (Lipinski definition) is 5. The number of carbonyl (C=O) groups is 1. The van der Waals surface area contributed by atoms with E-state index in [4.69, 9.17) is 4.74 Å². The maximum atomic E-state index is 13.2. The summed E-state index contributed by atoms with van der Waals surface area (Å²) in [5.74, 6) is 0.192. The molecule has 2 N–H and O–H groups in total. The monoisotopic (exact) mass is 288 g/mol. The summed E-state index contributed by atoms with van der Waals surface area (Å²) in [6.07, 6.45) is -2.11. The third-order valence-corrected chi connectivity index (χ3v) is 3.44. The molecule has 6 heteroatoms. The van der Waals surface area contributed by atoms with Gasteiger partial charge in [-0.05, 0) is 24.6 Å². The van der Waals surface area contributed by atoms with Gasteiger partial charge in [0.25, 0.3) is 0 Å². The van der Waals surface area contributed by atoms with E-state index >= 15 is 0 Å². The first-order valence-corrected chi connectivity index (χ1v) is 6.77. The van der Waals surface area contributed by atoms with E-state index < -0.39 is 18.0 Å². The normalized spacial score (nSPS) is 13.9. The standard InChI is InChI=1S/C13H17FO4S/c1-8(15)19-6-5-11(16)13(17)10-7-9(14)3-4-12(10)18-2/h3-4,7,11,13,16-17H,5-6H2,1-2H3. The summed E-state index contributed by atoms with van der Waals surface area (Å²) in [5, 5.41) is 19.8. The van der Waals surface area contributed by atoms with Crippen molar-refractivity contribution in [3.63, 3.8) is 0 Å². The van der Waals surface area contributed by atoms with Gasteiger partial charge in [-0.2, -0.15) is 0 Å². The van der Waals surface area contributed by atoms with E-state index in [2.05, 4.69) is 0 Å². The van der Waals surface area contributed by atoms with Gasteiger partial charge in [0.05, 0.1) is 13.2 Å². The third-order valence-electron chi connectivity index (χ3n) is 2.59. The lowest BCUT2D eigenvalue weighted by Gasteiger charge is -2.20. The van der Waals surface area contributed by atoms with E-state index in [0.717, 1.165) is 17.8 Å². The predicted molar refractivity (Wildman–Crippen MR) is 71.7 cm³/mol. The van der Waals surface area contributed by atoms with Crippen LogP contribution in [-0.4, -0.2) is 34.3 Å². The Hall–Kier alpha value is -1.11. The molecule has 1 aromatic rings. The molecule has 2 unspecified atom stereocenters. The SMILES string of the molecule is COc1ccc(F)cc1C(O)C(O)CCSC(C)=O. The summed E-state index contributed by atoms with van der Waals surface area (Å²) >= 11 is 1.07. The second-order valence-corrected chi connectivity index (χ2v) is 5.30. The van der Waals surface area contributed by atoms with Crippen LogP contribution in [0.5, 0.6) is 5.75 Å². The summed E-state index contributed by atoms with van der Waals surface area (Å²) in [6, 6.07) is 3.74. The lowest BCUT2D eigenvalue weighted by Crippen LogP contribution is -2.20. The number of carbonyl (C=O) groups excluding carboxylic acids is 1. The topological polar surface area (TPSA) is 66.8 Å². The fourth-order valence-electron chi connectivity index (χ4n) is 1.62. The Morgan fingerprint density at radius 1 is 1.47 bits per heavy atom. The molecule has 0 heterocycles. The molecule has 0 radical (unpaired) electrons. The molecule has 1 rings (SSSR count). The molecule has 1 aromatic carbocycles. The van der Waals surface area contributed by atoms with Crippen molar-refractivity contribution >= 4 is 16.9 Å². The zero-order chi connectivity index (χ0) is 14.4. The fourth-order valence-corrected chi connectivity index (χ4v) is 2.27. The third kappa shape index (κ3) is 4.81. The molecule has 106 valence electrons. The Kier molecular flexibility index (Phi) is 6.27. The Bertz CT molecular complexity index is 439. The van der Waals surface area contributed by atoms with Crippen LogP contribution in [0.25, 0.3) is 0 Å². The maximum Gasteiger partial charge on any atom is 0.185 e. The van der Waals surface area contributed by atoms with Gasteiger partial charge in [-0.25, -0.2) is 4.39 Å². The average molecular weight is 288 g/mol. The van der Waals surface area contributed by atoms with Crippen LogP contribution < -0.4 is 4.74 Å². The van der Waals surface area contributed by atoms with Crippen LogP contribution in [0.1, 0.15) is 25.0 Å². The summed E-state index contributed by atoms with van der Waals surface area (Å²) in [4.78, 5) is 10.8. The molecule has 0 aliphatic heterocycles. The van der Waals surface area contributed by atoms with Gasteiger partial charge < -0.3 is 14.9 Å². The summed E-state index contributed by atoms with van der Waals surface area (Å²) in [6.45, 7) is 1.43. The highest BCUT2D eigenvalue weighted by Gasteiger charge is 2.22. The minimum Gasteiger partial charge on any atom is -0.496 e. The van der Waals surface area contributed by atoms with Gasteiger partial charge in [-0.1, -0.05) is 11.8 Å². The zero-order valence-corrected chi connectivity index (χ0v) is 11.6. The van der Waals surface area contributed by atoms with Crippen LogP contribution in [0.4, 0.5) is 4.39 Å². The van der Waals surface area contributed by atoms with E-state index in [1.54, 1.807) is 0 Å². The highest BCUT2D eigenvalue weighted by Crippen LogP contribution is 2.29. The second-order valence-electron chi connectivity index (χ2n) is 4.03. The molecule has 4 nitrogen and oxygen atoms in total. The predicted octanol–water partition coefficient (Wildman–Crippen LogP) is 1.90. The molecule has 2 atom stereocenters. The molecule has 0 aliphatic rings. The first kappa shape index (κ1) is 15.9. The number of rotatable bonds is 6. The van der Waals surface area contributed by atoms with Crippen LogP contribution in [0, 0.1) is 5.82 Å². The van der Waals surface area contributed by atoms with E-state index in [0.29, 0.717) is 11.5 Å². The van der Waals surface area contributed by atoms with Gasteiger partial charge in [-0.3, -0.25) is 4.79 Å². The van der Waals surface area contributed by atoms with Gasteiger partial charge >= 0.3 is 0 Å². The van der Waals surface area contributed by atoms with Crippen LogP contribution in [0.2, 0.25) is 0 Å². The van der Waals surface area contributed by atoms with Crippen molar-refractivity contribution in [2.75, 3.05) is 12.9 Å². The number of halogens is 1. The molecule has 0 saturated heterocycles. The molecule has 0 fully saturated rings. The molecular formula is C13H17FO4S. The fraction of sp³-hybridized carbons (Fsp3) is 0.462. The van der Waals surface area contributed by atoms with Crippen molar-refractivity contribution in [2.24, 2.45) is 0 Å². The first-order valence-electron chi connectivity index (χ1n) is 5.78. The number of aliphatic hydroxyl groups excluding tert-OH is 2. The highest BCUT2D eigenvalue weighted by atomic mass is 32.2. The Morgan fingerprint density at radius 2 is 2.16 bits per heavy atom. The molecule has 0 bridgehead atoms. The molecule has 0 spiro atoms. The molecule has 0 saturated carbocycles. The van der Waals surface area contributed by atoms with Crippen LogP contribution in [0.3, 0.4) is 0 Å². The molecule has 0 aliphatic carbocycles. The van der Waals surface area contributed by atoms with E-state index in [1.807, 2.05) is 0 Å². The highest BCUT2D eigenvalue weighted by molar-refractivity contribution is 8.13. The number of hydrogen-bond donors (Lipinski definition) is 2. The molecule has 0 amide bonds. The molecule has 0 aromatic heterocycles. The van der Waals surface area contributed by atoms with Crippen LogP contribution >= 0.6 is 11.8 Å². The summed E-state index contributed by atoms with van der Waals surface area (Å²) in [7, 11) is 1.40. The molecular weight excluding hydrogens is 271 g/mol. The Labute approximate surface area is 115 Å². The number of thioether (sulfide) groups is 1.